The summed E-state index contributed by atoms with van der Waals surface area (Å²) < 4.78 is 12.7. The average Bonchev–Trinajstić information content (AvgIpc) is 3.29. The Balaban J connectivity index is 1.77. The average molecular weight is 344 g/mol. The Morgan fingerprint density at radius 1 is 1.48 bits per heavy atom. The highest BCUT2D eigenvalue weighted by Crippen LogP contribution is 2.28. The molecule has 7 nitrogen and oxygen atoms in total. The van der Waals surface area contributed by atoms with Crippen LogP contribution < -0.4 is 15.4 Å². The van der Waals surface area contributed by atoms with Crippen molar-refractivity contribution in [1.82, 2.24) is 20.2 Å². The molecule has 0 saturated carbocycles. The molecule has 0 aliphatic carbocycles. The Bertz CT molecular complexity index is 710. The van der Waals surface area contributed by atoms with E-state index in [1.807, 2.05) is 42.1 Å². The van der Waals surface area contributed by atoms with E-state index in [4.69, 9.17) is 9.47 Å². The van der Waals surface area contributed by atoms with Crippen molar-refractivity contribution in [2.24, 2.45) is 13.0 Å². The summed E-state index contributed by atoms with van der Waals surface area (Å²) in [5.41, 5.74) is 0.860. The second-order valence-electron chi connectivity index (χ2n) is 6.16. The third kappa shape index (κ3) is 4.11. The summed E-state index contributed by atoms with van der Waals surface area (Å²) >= 11 is 0. The van der Waals surface area contributed by atoms with Crippen molar-refractivity contribution in [1.29, 1.82) is 0 Å². The van der Waals surface area contributed by atoms with Gasteiger partial charge in [0.1, 0.15) is 17.6 Å². The number of nitrogens with zero attached hydrogens (tertiary/aromatic N) is 2. The molecule has 7 heteroatoms. The molecule has 1 aromatic heterocycles. The van der Waals surface area contributed by atoms with Gasteiger partial charge >= 0.3 is 6.03 Å². The largest absolute Gasteiger partial charge is 0.496 e. The molecule has 0 unspecified atom stereocenters. The molecule has 0 spiro atoms. The van der Waals surface area contributed by atoms with E-state index >= 15 is 0 Å². The standard InChI is InChI=1S/C18H24N4O3/c1-22-9-8-19-17(22)16(14-5-3-4-6-15(14)24-2)21-18(23)20-11-13-7-10-25-12-13/h3-6,8-9,13,16H,7,10-12H2,1-2H3,(H2,20,21,23)/t13-,16-/m0/s1. The molecule has 3 rings (SSSR count). The molecular weight excluding hydrogens is 320 g/mol. The van der Waals surface area contributed by atoms with Gasteiger partial charge in [-0.25, -0.2) is 9.78 Å². The van der Waals surface area contributed by atoms with E-state index in [1.165, 1.54) is 0 Å². The number of aryl methyl sites for hydroxylation is 1. The highest BCUT2D eigenvalue weighted by molar-refractivity contribution is 5.75. The number of hydrogen-bond acceptors (Lipinski definition) is 4. The lowest BCUT2D eigenvalue weighted by molar-refractivity contribution is 0.185. The Labute approximate surface area is 147 Å². The van der Waals surface area contributed by atoms with Crippen LogP contribution in [0.3, 0.4) is 0 Å². The molecule has 1 aliphatic heterocycles. The van der Waals surface area contributed by atoms with Crippen LogP contribution in [-0.2, 0) is 11.8 Å². The molecule has 1 saturated heterocycles. The highest BCUT2D eigenvalue weighted by Gasteiger charge is 2.24. The lowest BCUT2D eigenvalue weighted by Crippen LogP contribution is -2.41. The zero-order valence-corrected chi connectivity index (χ0v) is 14.6. The zero-order chi connectivity index (χ0) is 17.6. The summed E-state index contributed by atoms with van der Waals surface area (Å²) in [5.74, 6) is 1.83. The van der Waals surface area contributed by atoms with Crippen molar-refractivity contribution >= 4 is 6.03 Å². The van der Waals surface area contributed by atoms with Crippen LogP contribution in [0.5, 0.6) is 5.75 Å². The van der Waals surface area contributed by atoms with E-state index in [9.17, 15) is 4.79 Å². The quantitative estimate of drug-likeness (QED) is 0.838. The van der Waals surface area contributed by atoms with Gasteiger partial charge in [0, 0.05) is 44.1 Å². The summed E-state index contributed by atoms with van der Waals surface area (Å²) in [7, 11) is 3.52. The Kier molecular flexibility index (Phi) is 5.55. The predicted molar refractivity (Wildman–Crippen MR) is 93.5 cm³/mol. The van der Waals surface area contributed by atoms with Gasteiger partial charge in [-0.05, 0) is 12.5 Å². The van der Waals surface area contributed by atoms with Crippen LogP contribution in [0.1, 0.15) is 23.9 Å². The number of ether oxygens (including phenoxy) is 2. The SMILES string of the molecule is COc1ccccc1[C@H](NC(=O)NC[C@@H]1CCOC1)c1nccn1C. The molecule has 2 N–H and O–H groups in total. The molecule has 134 valence electrons. The second kappa shape index (κ2) is 8.02. The fourth-order valence-electron chi connectivity index (χ4n) is 3.01. The summed E-state index contributed by atoms with van der Waals surface area (Å²) in [4.78, 5) is 16.9. The van der Waals surface area contributed by atoms with E-state index < -0.39 is 6.04 Å². The Morgan fingerprint density at radius 3 is 3.00 bits per heavy atom. The predicted octanol–water partition coefficient (Wildman–Crippen LogP) is 1.85. The number of urea groups is 1. The van der Waals surface area contributed by atoms with Gasteiger partial charge in [-0.15, -0.1) is 0 Å². The first-order valence-electron chi connectivity index (χ1n) is 8.41. The van der Waals surface area contributed by atoms with Crippen LogP contribution in [0, 0.1) is 5.92 Å². The first-order valence-corrected chi connectivity index (χ1v) is 8.41. The van der Waals surface area contributed by atoms with Gasteiger partial charge in [0.25, 0.3) is 0 Å². The Hall–Kier alpha value is -2.54. The topological polar surface area (TPSA) is 77.4 Å². The van der Waals surface area contributed by atoms with Gasteiger partial charge < -0.3 is 24.7 Å². The van der Waals surface area contributed by atoms with E-state index in [2.05, 4.69) is 15.6 Å². The molecule has 1 fully saturated rings. The Morgan fingerprint density at radius 2 is 2.32 bits per heavy atom. The first kappa shape index (κ1) is 17.3. The number of benzene rings is 1. The number of carbonyl (C=O) groups excluding carboxylic acids is 1. The first-order chi connectivity index (χ1) is 12.2. The molecule has 25 heavy (non-hydrogen) atoms. The minimum atomic E-state index is -0.407. The van der Waals surface area contributed by atoms with Crippen molar-refractivity contribution in [3.05, 3.63) is 48.0 Å². The smallest absolute Gasteiger partial charge is 0.315 e. The molecule has 2 aromatic rings. The van der Waals surface area contributed by atoms with E-state index in [0.29, 0.717) is 24.8 Å². The third-order valence-electron chi connectivity index (χ3n) is 4.42. The summed E-state index contributed by atoms with van der Waals surface area (Å²) in [5, 5.41) is 5.96. The molecular formula is C18H24N4O3. The van der Waals surface area contributed by atoms with Crippen LogP contribution in [-0.4, -0.2) is 42.5 Å². The van der Waals surface area contributed by atoms with E-state index in [1.54, 1.807) is 13.3 Å². The van der Waals surface area contributed by atoms with Crippen molar-refractivity contribution in [2.75, 3.05) is 26.9 Å². The van der Waals surface area contributed by atoms with Gasteiger partial charge in [0.05, 0.1) is 13.7 Å². The van der Waals surface area contributed by atoms with Gasteiger partial charge in [-0.3, -0.25) is 0 Å². The highest BCUT2D eigenvalue weighted by atomic mass is 16.5. The number of imidazole rings is 1. The van der Waals surface area contributed by atoms with Gasteiger partial charge in [-0.2, -0.15) is 0 Å². The number of amides is 2. The van der Waals surface area contributed by atoms with Gasteiger partial charge in [-0.1, -0.05) is 18.2 Å². The molecule has 2 atom stereocenters. The number of methoxy groups -OCH3 is 1. The molecule has 2 amide bonds. The van der Waals surface area contributed by atoms with Gasteiger partial charge in [0.15, 0.2) is 0 Å². The summed E-state index contributed by atoms with van der Waals surface area (Å²) in [6.45, 7) is 2.08. The maximum absolute atomic E-state index is 12.4. The van der Waals surface area contributed by atoms with E-state index in [0.717, 1.165) is 24.4 Å². The van der Waals surface area contributed by atoms with E-state index in [-0.39, 0.29) is 6.03 Å². The molecule has 2 heterocycles. The fourth-order valence-corrected chi connectivity index (χ4v) is 3.01. The number of nitrogens with one attached hydrogen (secondary N) is 2. The van der Waals surface area contributed by atoms with Crippen molar-refractivity contribution in [3.63, 3.8) is 0 Å². The van der Waals surface area contributed by atoms with Crippen LogP contribution >= 0.6 is 0 Å². The third-order valence-corrected chi connectivity index (χ3v) is 4.42. The summed E-state index contributed by atoms with van der Waals surface area (Å²) in [6.07, 6.45) is 4.55. The van der Waals surface area contributed by atoms with Crippen molar-refractivity contribution in [3.8, 4) is 5.75 Å². The fraction of sp³-hybridized carbons (Fsp3) is 0.444. The molecule has 0 radical (unpaired) electrons. The molecule has 1 aromatic carbocycles. The number of aromatic nitrogens is 2. The lowest BCUT2D eigenvalue weighted by Gasteiger charge is -2.22. The number of carbonyl (C=O) groups is 1. The van der Waals surface area contributed by atoms with Crippen molar-refractivity contribution in [2.45, 2.75) is 12.5 Å². The second-order valence-corrected chi connectivity index (χ2v) is 6.16. The molecule has 0 bridgehead atoms. The molecule has 1 aliphatic rings. The van der Waals surface area contributed by atoms with Crippen LogP contribution in [0.4, 0.5) is 4.79 Å². The minimum absolute atomic E-state index is 0.231. The lowest BCUT2D eigenvalue weighted by atomic mass is 10.0. The van der Waals surface area contributed by atoms with Gasteiger partial charge in [0.2, 0.25) is 0 Å². The normalized spacial score (nSPS) is 17.9. The van der Waals surface area contributed by atoms with Crippen LogP contribution in [0.25, 0.3) is 0 Å². The number of rotatable bonds is 6. The van der Waals surface area contributed by atoms with Crippen LogP contribution in [0.15, 0.2) is 36.7 Å². The maximum atomic E-state index is 12.4. The number of hydrogen-bond donors (Lipinski definition) is 2. The number of para-hydroxylation sites is 1. The van der Waals surface area contributed by atoms with Crippen LogP contribution in [0.2, 0.25) is 0 Å². The minimum Gasteiger partial charge on any atom is -0.496 e. The maximum Gasteiger partial charge on any atom is 0.315 e. The van der Waals surface area contributed by atoms with Crippen molar-refractivity contribution < 1.29 is 14.3 Å². The summed E-state index contributed by atoms with van der Waals surface area (Å²) in [6, 6.07) is 6.99. The monoisotopic (exact) mass is 344 g/mol. The zero-order valence-electron chi connectivity index (χ0n) is 14.6.